The van der Waals surface area contributed by atoms with E-state index in [9.17, 15) is 4.79 Å². The molecule has 1 aliphatic rings. The van der Waals surface area contributed by atoms with Gasteiger partial charge in [0, 0.05) is 23.4 Å². The van der Waals surface area contributed by atoms with Gasteiger partial charge in [-0.15, -0.1) is 0 Å². The average molecular weight is 297 g/mol. The SMILES string of the molecule is COc1cc(OC)cc(C(=O)N2c3ccccc3C[C@@H]2C)c1. The summed E-state index contributed by atoms with van der Waals surface area (Å²) in [4.78, 5) is 14.8. The minimum Gasteiger partial charge on any atom is -0.497 e. The lowest BCUT2D eigenvalue weighted by molar-refractivity contribution is 0.0981. The van der Waals surface area contributed by atoms with Crippen molar-refractivity contribution in [3.8, 4) is 11.5 Å². The van der Waals surface area contributed by atoms with E-state index in [1.54, 1.807) is 32.4 Å². The highest BCUT2D eigenvalue weighted by molar-refractivity contribution is 6.08. The Labute approximate surface area is 130 Å². The lowest BCUT2D eigenvalue weighted by atomic mass is 10.1. The Kier molecular flexibility index (Phi) is 3.75. The Bertz CT molecular complexity index is 689. The molecule has 0 bridgehead atoms. The Morgan fingerprint density at radius 1 is 1.09 bits per heavy atom. The summed E-state index contributed by atoms with van der Waals surface area (Å²) in [5.74, 6) is 1.19. The maximum absolute atomic E-state index is 13.0. The van der Waals surface area contributed by atoms with Gasteiger partial charge < -0.3 is 14.4 Å². The molecule has 0 radical (unpaired) electrons. The molecule has 4 nitrogen and oxygen atoms in total. The predicted molar refractivity (Wildman–Crippen MR) is 86.0 cm³/mol. The highest BCUT2D eigenvalue weighted by Gasteiger charge is 2.31. The van der Waals surface area contributed by atoms with E-state index in [2.05, 4.69) is 13.0 Å². The third-order valence-corrected chi connectivity index (χ3v) is 4.02. The van der Waals surface area contributed by atoms with Crippen LogP contribution in [0, 0.1) is 0 Å². The molecule has 4 heteroatoms. The van der Waals surface area contributed by atoms with E-state index < -0.39 is 0 Å². The Balaban J connectivity index is 2.01. The quantitative estimate of drug-likeness (QED) is 0.872. The first kappa shape index (κ1) is 14.4. The van der Waals surface area contributed by atoms with Crippen LogP contribution in [0.25, 0.3) is 0 Å². The predicted octanol–water partition coefficient (Wildman–Crippen LogP) is 3.30. The Morgan fingerprint density at radius 2 is 1.73 bits per heavy atom. The van der Waals surface area contributed by atoms with E-state index in [4.69, 9.17) is 9.47 Å². The number of ether oxygens (including phenoxy) is 2. The highest BCUT2D eigenvalue weighted by Crippen LogP contribution is 2.34. The van der Waals surface area contributed by atoms with Crippen LogP contribution in [-0.4, -0.2) is 26.2 Å². The summed E-state index contributed by atoms with van der Waals surface area (Å²) in [5, 5.41) is 0. The number of hydrogen-bond donors (Lipinski definition) is 0. The number of hydrogen-bond acceptors (Lipinski definition) is 3. The number of carbonyl (C=O) groups is 1. The second kappa shape index (κ2) is 5.72. The van der Waals surface area contributed by atoms with Gasteiger partial charge >= 0.3 is 0 Å². The summed E-state index contributed by atoms with van der Waals surface area (Å²) in [5.41, 5.74) is 2.76. The van der Waals surface area contributed by atoms with Crippen molar-refractivity contribution in [1.29, 1.82) is 0 Å². The van der Waals surface area contributed by atoms with Crippen molar-refractivity contribution in [3.63, 3.8) is 0 Å². The van der Waals surface area contributed by atoms with Crippen molar-refractivity contribution in [2.45, 2.75) is 19.4 Å². The van der Waals surface area contributed by atoms with Gasteiger partial charge in [-0.1, -0.05) is 18.2 Å². The number of anilines is 1. The van der Waals surface area contributed by atoms with Crippen LogP contribution < -0.4 is 14.4 Å². The molecular weight excluding hydrogens is 278 g/mol. The van der Waals surface area contributed by atoms with Crippen molar-refractivity contribution < 1.29 is 14.3 Å². The molecule has 0 fully saturated rings. The number of amides is 1. The summed E-state index contributed by atoms with van der Waals surface area (Å²) < 4.78 is 10.5. The largest absolute Gasteiger partial charge is 0.497 e. The number of fused-ring (bicyclic) bond motifs is 1. The molecule has 0 N–H and O–H groups in total. The zero-order valence-corrected chi connectivity index (χ0v) is 13.0. The van der Waals surface area contributed by atoms with Crippen LogP contribution in [0.2, 0.25) is 0 Å². The molecule has 0 unspecified atom stereocenters. The Morgan fingerprint density at radius 3 is 2.36 bits per heavy atom. The number of methoxy groups -OCH3 is 2. The number of carbonyl (C=O) groups excluding carboxylic acids is 1. The normalized spacial score (nSPS) is 16.3. The van der Waals surface area contributed by atoms with Crippen molar-refractivity contribution in [1.82, 2.24) is 0 Å². The monoisotopic (exact) mass is 297 g/mol. The van der Waals surface area contributed by atoms with Crippen LogP contribution in [0.1, 0.15) is 22.8 Å². The molecule has 3 rings (SSSR count). The molecule has 0 aliphatic carbocycles. The van der Waals surface area contributed by atoms with Crippen LogP contribution in [0.3, 0.4) is 0 Å². The van der Waals surface area contributed by atoms with Gasteiger partial charge in [0.15, 0.2) is 0 Å². The maximum Gasteiger partial charge on any atom is 0.258 e. The first-order valence-electron chi connectivity index (χ1n) is 7.28. The molecule has 114 valence electrons. The third-order valence-electron chi connectivity index (χ3n) is 4.02. The summed E-state index contributed by atoms with van der Waals surface area (Å²) in [6, 6.07) is 13.4. The molecule has 2 aromatic carbocycles. The molecule has 0 saturated heterocycles. The number of nitrogens with zero attached hydrogens (tertiary/aromatic N) is 1. The molecule has 0 spiro atoms. The average Bonchev–Trinajstić information content (AvgIpc) is 2.89. The lowest BCUT2D eigenvalue weighted by Gasteiger charge is -2.23. The van der Waals surface area contributed by atoms with Crippen LogP contribution in [0.5, 0.6) is 11.5 Å². The van der Waals surface area contributed by atoms with Crippen LogP contribution in [0.4, 0.5) is 5.69 Å². The van der Waals surface area contributed by atoms with Crippen molar-refractivity contribution in [3.05, 3.63) is 53.6 Å². The molecule has 22 heavy (non-hydrogen) atoms. The molecule has 0 aromatic heterocycles. The molecule has 2 aromatic rings. The van der Waals surface area contributed by atoms with Gasteiger partial charge in [0.2, 0.25) is 0 Å². The van der Waals surface area contributed by atoms with Gasteiger partial charge in [0.1, 0.15) is 11.5 Å². The molecule has 1 atom stereocenters. The van der Waals surface area contributed by atoms with Gasteiger partial charge in [0.05, 0.1) is 14.2 Å². The van der Waals surface area contributed by atoms with E-state index in [-0.39, 0.29) is 11.9 Å². The molecular formula is C18H19NO3. The first-order chi connectivity index (χ1) is 10.6. The maximum atomic E-state index is 13.0. The van der Waals surface area contributed by atoms with Crippen LogP contribution in [0.15, 0.2) is 42.5 Å². The standard InChI is InChI=1S/C18H19NO3/c1-12-8-13-6-4-5-7-17(13)19(12)18(20)14-9-15(21-2)11-16(10-14)22-3/h4-7,9-12H,8H2,1-3H3/t12-/m0/s1. The van der Waals surface area contributed by atoms with Crippen LogP contribution >= 0.6 is 0 Å². The summed E-state index contributed by atoms with van der Waals surface area (Å²) >= 11 is 0. The Hall–Kier alpha value is -2.49. The minimum absolute atomic E-state index is 0.0327. The fourth-order valence-electron chi connectivity index (χ4n) is 2.95. The van der Waals surface area contributed by atoms with E-state index in [1.165, 1.54) is 5.56 Å². The van der Waals surface area contributed by atoms with E-state index in [0.717, 1.165) is 12.1 Å². The van der Waals surface area contributed by atoms with E-state index in [1.807, 2.05) is 23.1 Å². The summed E-state index contributed by atoms with van der Waals surface area (Å²) in [6.45, 7) is 2.06. The van der Waals surface area contributed by atoms with Crippen molar-refractivity contribution in [2.24, 2.45) is 0 Å². The number of benzene rings is 2. The van der Waals surface area contributed by atoms with Gasteiger partial charge in [-0.05, 0) is 37.1 Å². The first-order valence-corrected chi connectivity index (χ1v) is 7.28. The lowest BCUT2D eigenvalue weighted by Crippen LogP contribution is -2.35. The van der Waals surface area contributed by atoms with Crippen molar-refractivity contribution >= 4 is 11.6 Å². The fourth-order valence-corrected chi connectivity index (χ4v) is 2.95. The highest BCUT2D eigenvalue weighted by atomic mass is 16.5. The fraction of sp³-hybridized carbons (Fsp3) is 0.278. The van der Waals surface area contributed by atoms with Gasteiger partial charge in [-0.2, -0.15) is 0 Å². The number of rotatable bonds is 3. The summed E-state index contributed by atoms with van der Waals surface area (Å²) in [7, 11) is 3.16. The smallest absolute Gasteiger partial charge is 0.258 e. The van der Waals surface area contributed by atoms with E-state index in [0.29, 0.717) is 17.1 Å². The van der Waals surface area contributed by atoms with Gasteiger partial charge in [-0.3, -0.25) is 4.79 Å². The van der Waals surface area contributed by atoms with Gasteiger partial charge in [0.25, 0.3) is 5.91 Å². The van der Waals surface area contributed by atoms with E-state index >= 15 is 0 Å². The number of para-hydroxylation sites is 1. The molecule has 0 saturated carbocycles. The zero-order valence-electron chi connectivity index (χ0n) is 13.0. The van der Waals surface area contributed by atoms with Gasteiger partial charge in [-0.25, -0.2) is 0 Å². The topological polar surface area (TPSA) is 38.8 Å². The third kappa shape index (κ3) is 2.41. The minimum atomic E-state index is -0.0327. The summed E-state index contributed by atoms with van der Waals surface area (Å²) in [6.07, 6.45) is 0.878. The molecule has 1 aliphatic heterocycles. The second-order valence-corrected chi connectivity index (χ2v) is 5.46. The molecule has 1 heterocycles. The second-order valence-electron chi connectivity index (χ2n) is 5.46. The van der Waals surface area contributed by atoms with Crippen LogP contribution in [-0.2, 0) is 6.42 Å². The zero-order chi connectivity index (χ0) is 15.7. The van der Waals surface area contributed by atoms with Crippen molar-refractivity contribution in [2.75, 3.05) is 19.1 Å². The molecule has 1 amide bonds.